The standard InChI is InChI=1S/C18H14FN5O2S2/c1-9-3-11(19)4-10(2)13(9)7-27-18-23-15-14(28-8-22-15)16(25)24(18)12-5-20-17(26)21-6-12/h3-6,8H,7H2,1-2H3,(H,20,21,26). The van der Waals surface area contributed by atoms with Crippen LogP contribution in [0.4, 0.5) is 4.39 Å². The summed E-state index contributed by atoms with van der Waals surface area (Å²) in [4.78, 5) is 39.1. The molecule has 1 aromatic carbocycles. The highest BCUT2D eigenvalue weighted by molar-refractivity contribution is 7.98. The molecule has 0 saturated heterocycles. The lowest BCUT2D eigenvalue weighted by Crippen LogP contribution is -2.22. The Bertz CT molecular complexity index is 1270. The molecular weight excluding hydrogens is 401 g/mol. The van der Waals surface area contributed by atoms with Gasteiger partial charge in [0.1, 0.15) is 10.5 Å². The van der Waals surface area contributed by atoms with Crippen molar-refractivity contribution >= 4 is 33.4 Å². The third kappa shape index (κ3) is 3.36. The van der Waals surface area contributed by atoms with Crippen LogP contribution in [0.25, 0.3) is 16.0 Å². The molecule has 1 N–H and O–H groups in total. The summed E-state index contributed by atoms with van der Waals surface area (Å²) in [7, 11) is 0. The summed E-state index contributed by atoms with van der Waals surface area (Å²) < 4.78 is 15.4. The van der Waals surface area contributed by atoms with Crippen LogP contribution in [0.3, 0.4) is 0 Å². The van der Waals surface area contributed by atoms with E-state index in [0.29, 0.717) is 26.9 Å². The molecule has 3 aromatic heterocycles. The minimum Gasteiger partial charge on any atom is -0.311 e. The summed E-state index contributed by atoms with van der Waals surface area (Å²) in [5.41, 5.74) is 4.20. The molecule has 0 atom stereocenters. The Kier molecular flexibility index (Phi) is 4.82. The van der Waals surface area contributed by atoms with Gasteiger partial charge in [-0.2, -0.15) is 4.98 Å². The Labute approximate surface area is 166 Å². The van der Waals surface area contributed by atoms with Crippen LogP contribution in [-0.2, 0) is 5.75 Å². The number of thioether (sulfide) groups is 1. The van der Waals surface area contributed by atoms with Crippen molar-refractivity contribution < 1.29 is 4.39 Å². The van der Waals surface area contributed by atoms with Crippen molar-refractivity contribution in [2.45, 2.75) is 24.8 Å². The topological polar surface area (TPSA) is 93.5 Å². The SMILES string of the molecule is Cc1cc(F)cc(C)c1CSc1nc2ncsc2c(=O)n1-c1cnc(=O)[nH]c1. The van der Waals surface area contributed by atoms with E-state index in [0.717, 1.165) is 16.7 Å². The molecule has 0 saturated carbocycles. The summed E-state index contributed by atoms with van der Waals surface area (Å²) in [6.07, 6.45) is 2.75. The lowest BCUT2D eigenvalue weighted by Gasteiger charge is -2.13. The van der Waals surface area contributed by atoms with Gasteiger partial charge in [0.25, 0.3) is 5.56 Å². The maximum atomic E-state index is 13.6. The highest BCUT2D eigenvalue weighted by atomic mass is 32.2. The monoisotopic (exact) mass is 415 g/mol. The Morgan fingerprint density at radius 3 is 2.64 bits per heavy atom. The summed E-state index contributed by atoms with van der Waals surface area (Å²) in [6.45, 7) is 3.70. The largest absolute Gasteiger partial charge is 0.345 e. The van der Waals surface area contributed by atoms with E-state index in [1.807, 2.05) is 13.8 Å². The summed E-state index contributed by atoms with van der Waals surface area (Å²) in [6, 6.07) is 2.97. The number of halogens is 1. The molecule has 0 radical (unpaired) electrons. The van der Waals surface area contributed by atoms with E-state index in [4.69, 9.17) is 0 Å². The number of thiazole rings is 1. The fourth-order valence-electron chi connectivity index (χ4n) is 2.88. The predicted molar refractivity (Wildman–Crippen MR) is 107 cm³/mol. The number of aromatic nitrogens is 5. The minimum absolute atomic E-state index is 0.276. The van der Waals surface area contributed by atoms with Gasteiger partial charge in [-0.3, -0.25) is 9.36 Å². The zero-order valence-corrected chi connectivity index (χ0v) is 16.5. The molecule has 10 heteroatoms. The van der Waals surface area contributed by atoms with Crippen LogP contribution in [-0.4, -0.2) is 24.5 Å². The highest BCUT2D eigenvalue weighted by Gasteiger charge is 2.17. The lowest BCUT2D eigenvalue weighted by atomic mass is 10.0. The number of aryl methyl sites for hydroxylation is 2. The minimum atomic E-state index is -0.504. The Morgan fingerprint density at radius 1 is 1.21 bits per heavy atom. The molecule has 142 valence electrons. The number of H-pyrrole nitrogens is 1. The number of nitrogens with zero attached hydrogens (tertiary/aromatic N) is 4. The molecule has 0 fully saturated rings. The van der Waals surface area contributed by atoms with Gasteiger partial charge in [0, 0.05) is 11.9 Å². The van der Waals surface area contributed by atoms with E-state index in [2.05, 4.69) is 19.9 Å². The molecular formula is C18H14FN5O2S2. The summed E-state index contributed by atoms with van der Waals surface area (Å²) in [5.74, 6) is 0.221. The Morgan fingerprint density at radius 2 is 1.96 bits per heavy atom. The van der Waals surface area contributed by atoms with E-state index in [1.54, 1.807) is 5.51 Å². The first-order valence-electron chi connectivity index (χ1n) is 8.24. The van der Waals surface area contributed by atoms with Gasteiger partial charge in [-0.15, -0.1) is 11.3 Å². The van der Waals surface area contributed by atoms with Crippen molar-refractivity contribution in [1.29, 1.82) is 0 Å². The molecule has 0 amide bonds. The first-order chi connectivity index (χ1) is 13.4. The summed E-state index contributed by atoms with van der Waals surface area (Å²) in [5, 5.41) is 0.417. The van der Waals surface area contributed by atoms with Crippen LogP contribution in [0.2, 0.25) is 0 Å². The molecule has 0 aliphatic rings. The van der Waals surface area contributed by atoms with Gasteiger partial charge in [0.2, 0.25) is 0 Å². The van der Waals surface area contributed by atoms with Gasteiger partial charge in [0.15, 0.2) is 10.8 Å². The molecule has 0 spiro atoms. The molecule has 7 nitrogen and oxygen atoms in total. The van der Waals surface area contributed by atoms with Crippen molar-refractivity contribution in [3.8, 4) is 5.69 Å². The zero-order valence-electron chi connectivity index (χ0n) is 14.9. The van der Waals surface area contributed by atoms with Crippen LogP contribution < -0.4 is 11.2 Å². The third-order valence-corrected chi connectivity index (χ3v) is 6.03. The van der Waals surface area contributed by atoms with Crippen molar-refractivity contribution in [3.05, 3.63) is 73.4 Å². The van der Waals surface area contributed by atoms with Crippen LogP contribution >= 0.6 is 23.1 Å². The third-order valence-electron chi connectivity index (χ3n) is 4.26. The average Bonchev–Trinajstić information content (AvgIpc) is 3.11. The van der Waals surface area contributed by atoms with Gasteiger partial charge in [0.05, 0.1) is 17.4 Å². The van der Waals surface area contributed by atoms with Gasteiger partial charge in [-0.25, -0.2) is 19.2 Å². The van der Waals surface area contributed by atoms with E-state index >= 15 is 0 Å². The van der Waals surface area contributed by atoms with Crippen LogP contribution in [0.5, 0.6) is 0 Å². The Hall–Kier alpha value is -2.85. The molecule has 0 aliphatic heterocycles. The number of rotatable bonds is 4. The van der Waals surface area contributed by atoms with Gasteiger partial charge in [-0.05, 0) is 42.7 Å². The normalized spacial score (nSPS) is 11.2. The molecule has 0 bridgehead atoms. The number of aromatic amines is 1. The first kappa shape index (κ1) is 18.5. The van der Waals surface area contributed by atoms with Crippen LogP contribution in [0, 0.1) is 19.7 Å². The summed E-state index contributed by atoms with van der Waals surface area (Å²) >= 11 is 2.55. The van der Waals surface area contributed by atoms with E-state index < -0.39 is 5.69 Å². The second kappa shape index (κ2) is 7.28. The highest BCUT2D eigenvalue weighted by Crippen LogP contribution is 2.28. The van der Waals surface area contributed by atoms with Crippen molar-refractivity contribution in [1.82, 2.24) is 24.5 Å². The zero-order chi connectivity index (χ0) is 19.8. The smallest absolute Gasteiger partial charge is 0.311 e. The molecule has 28 heavy (non-hydrogen) atoms. The second-order valence-electron chi connectivity index (χ2n) is 6.12. The predicted octanol–water partition coefficient (Wildman–Crippen LogP) is 2.97. The van der Waals surface area contributed by atoms with E-state index in [1.165, 1.54) is 52.2 Å². The van der Waals surface area contributed by atoms with E-state index in [9.17, 15) is 14.0 Å². The van der Waals surface area contributed by atoms with Crippen molar-refractivity contribution in [2.24, 2.45) is 0 Å². The molecule has 3 heterocycles. The molecule has 0 unspecified atom stereocenters. The number of hydrogen-bond donors (Lipinski definition) is 1. The van der Waals surface area contributed by atoms with Gasteiger partial charge in [-0.1, -0.05) is 11.8 Å². The Balaban J connectivity index is 1.82. The second-order valence-corrected chi connectivity index (χ2v) is 7.92. The first-order valence-corrected chi connectivity index (χ1v) is 10.1. The van der Waals surface area contributed by atoms with E-state index in [-0.39, 0.29) is 11.4 Å². The average molecular weight is 415 g/mol. The van der Waals surface area contributed by atoms with Gasteiger partial charge < -0.3 is 4.98 Å². The van der Waals surface area contributed by atoms with Gasteiger partial charge >= 0.3 is 5.69 Å². The number of benzene rings is 1. The maximum absolute atomic E-state index is 13.6. The van der Waals surface area contributed by atoms with Crippen molar-refractivity contribution in [2.75, 3.05) is 0 Å². The maximum Gasteiger partial charge on any atom is 0.345 e. The molecule has 0 aliphatic carbocycles. The number of fused-ring (bicyclic) bond motifs is 1. The quantitative estimate of drug-likeness (QED) is 0.407. The van der Waals surface area contributed by atoms with Crippen LogP contribution in [0.1, 0.15) is 16.7 Å². The fourth-order valence-corrected chi connectivity index (χ4v) is 4.73. The van der Waals surface area contributed by atoms with Crippen LogP contribution in [0.15, 0.2) is 44.8 Å². The number of nitrogens with one attached hydrogen (secondary N) is 1. The van der Waals surface area contributed by atoms with Crippen molar-refractivity contribution in [3.63, 3.8) is 0 Å². The lowest BCUT2D eigenvalue weighted by molar-refractivity contribution is 0.624. The number of hydrogen-bond acceptors (Lipinski definition) is 7. The molecule has 4 rings (SSSR count). The molecule has 4 aromatic rings. The fraction of sp³-hybridized carbons (Fsp3) is 0.167.